The van der Waals surface area contributed by atoms with Gasteiger partial charge in [0.15, 0.2) is 0 Å². The lowest BCUT2D eigenvalue weighted by Gasteiger charge is -2.33. The van der Waals surface area contributed by atoms with Gasteiger partial charge in [-0.05, 0) is 139 Å². The fourth-order valence-electron chi connectivity index (χ4n) is 9.95. The van der Waals surface area contributed by atoms with E-state index in [1.165, 1.54) is 98.4 Å². The number of fused-ring (bicyclic) bond motifs is 3. The van der Waals surface area contributed by atoms with Crippen molar-refractivity contribution >= 4 is 46.7 Å². The number of hydrogen-bond donors (Lipinski definition) is 3. The second-order valence-electron chi connectivity index (χ2n) is 22.3. The number of allylic oxidation sites excluding steroid dienone is 3. The minimum Gasteiger partial charge on any atom is -0.382 e. The Kier molecular flexibility index (Phi) is 13.8. The molecule has 350 valence electrons. The average molecular weight is 891 g/mol. The van der Waals surface area contributed by atoms with Gasteiger partial charge in [0.25, 0.3) is 0 Å². The van der Waals surface area contributed by atoms with Crippen LogP contribution in [0.4, 0.5) is 5.69 Å². The molecule has 2 aliphatic rings. The maximum absolute atomic E-state index is 4.28. The Balaban J connectivity index is 1.54. The molecule has 2 aliphatic heterocycles. The van der Waals surface area contributed by atoms with Gasteiger partial charge in [0.05, 0.1) is 23.8 Å². The van der Waals surface area contributed by atoms with Crippen molar-refractivity contribution in [1.82, 2.24) is 15.5 Å². The van der Waals surface area contributed by atoms with Gasteiger partial charge in [0.1, 0.15) is 0 Å². The van der Waals surface area contributed by atoms with Crippen LogP contribution in [0.2, 0.25) is 0 Å². The maximum atomic E-state index is 4.28. The van der Waals surface area contributed by atoms with Crippen LogP contribution in [-0.4, -0.2) is 24.2 Å². The summed E-state index contributed by atoms with van der Waals surface area (Å²) in [7, 11) is 0. The SMILES string of the molecule is C/C=c1/cc(C(C)(C)C)cc/c1=C(/Nc1c(C)cc(C)cc1C1=c2ccc3c(c2=CCN1CN/C(=C\C(=C/C)C(C)(C)C)c1ccccc1C)=CC(C)NC=3C)c1cc(C(C)(C)C)ccc1C. The van der Waals surface area contributed by atoms with E-state index in [0.29, 0.717) is 6.67 Å². The molecular formula is C63H78N4. The van der Waals surface area contributed by atoms with E-state index in [0.717, 1.165) is 23.6 Å². The van der Waals surface area contributed by atoms with Crippen LogP contribution in [0.1, 0.15) is 140 Å². The standard InChI is InChI=1S/C63H78N4/c1-18-45-35-47(62(12,13)14)26-27-51(45)59(54-36-48(63(15,16)17)25-24-41(54)5)66-58-42(6)32-39(3)33-56(58)60-53-29-28-50-44(8)65-43(7)34-55(50)52(53)30-31-67(60)38-64-57(37-46(19-2)61(9,10)11)49-23-21-20-22-40(49)4/h18-30,32-37,43,64-66H,31,38H2,1-17H3/b45-18-,46-19+,57-37-,59-51-. The summed E-state index contributed by atoms with van der Waals surface area (Å²) < 4.78 is 0. The fourth-order valence-corrected chi connectivity index (χ4v) is 9.95. The highest BCUT2D eigenvalue weighted by Gasteiger charge is 2.25. The van der Waals surface area contributed by atoms with E-state index in [9.17, 15) is 0 Å². The van der Waals surface area contributed by atoms with Crippen molar-refractivity contribution in [3.05, 3.63) is 184 Å². The molecule has 0 aromatic heterocycles. The average Bonchev–Trinajstić information content (AvgIpc) is 3.25. The van der Waals surface area contributed by atoms with E-state index in [-0.39, 0.29) is 22.3 Å². The first kappa shape index (κ1) is 48.9. The normalized spacial score (nSPS) is 16.5. The minimum absolute atomic E-state index is 0.0162. The van der Waals surface area contributed by atoms with Gasteiger partial charge < -0.3 is 20.9 Å². The predicted molar refractivity (Wildman–Crippen MR) is 292 cm³/mol. The largest absolute Gasteiger partial charge is 0.382 e. The lowest BCUT2D eigenvalue weighted by Crippen LogP contribution is -2.57. The van der Waals surface area contributed by atoms with Gasteiger partial charge in [-0.2, -0.15) is 0 Å². The summed E-state index contributed by atoms with van der Waals surface area (Å²) in [6, 6.07) is 32.6. The number of hydrogen-bond acceptors (Lipinski definition) is 4. The van der Waals surface area contributed by atoms with Crippen LogP contribution in [0, 0.1) is 33.1 Å². The Hall–Kier alpha value is -6.00. The number of rotatable bonds is 9. The van der Waals surface area contributed by atoms with Crippen molar-refractivity contribution in [3.63, 3.8) is 0 Å². The Morgan fingerprint density at radius 2 is 1.37 bits per heavy atom. The molecule has 2 heterocycles. The van der Waals surface area contributed by atoms with Crippen LogP contribution in [0.3, 0.4) is 0 Å². The van der Waals surface area contributed by atoms with Gasteiger partial charge in [0.2, 0.25) is 0 Å². The van der Waals surface area contributed by atoms with Crippen molar-refractivity contribution in [2.45, 2.75) is 135 Å². The Labute approximate surface area is 403 Å². The summed E-state index contributed by atoms with van der Waals surface area (Å²) in [6.07, 6.45) is 11.8. The monoisotopic (exact) mass is 891 g/mol. The van der Waals surface area contributed by atoms with E-state index in [1.54, 1.807) is 0 Å². The maximum Gasteiger partial charge on any atom is 0.0880 e. The van der Waals surface area contributed by atoms with Crippen molar-refractivity contribution in [3.8, 4) is 0 Å². The lowest BCUT2D eigenvalue weighted by atomic mass is 9.84. The van der Waals surface area contributed by atoms with Gasteiger partial charge in [-0.25, -0.2) is 0 Å². The van der Waals surface area contributed by atoms with E-state index in [2.05, 4.69) is 254 Å². The summed E-state index contributed by atoms with van der Waals surface area (Å²) in [5, 5.41) is 19.6. The third-order valence-corrected chi connectivity index (χ3v) is 13.9. The highest BCUT2D eigenvalue weighted by molar-refractivity contribution is 5.87. The molecule has 67 heavy (non-hydrogen) atoms. The highest BCUT2D eigenvalue weighted by Crippen LogP contribution is 2.35. The lowest BCUT2D eigenvalue weighted by molar-refractivity contribution is 0.427. The molecule has 0 amide bonds. The molecule has 5 aromatic rings. The third-order valence-electron chi connectivity index (χ3n) is 13.9. The molecule has 0 fully saturated rings. The Morgan fingerprint density at radius 3 is 2.03 bits per heavy atom. The van der Waals surface area contributed by atoms with Crippen molar-refractivity contribution in [1.29, 1.82) is 0 Å². The fraction of sp³-hybridized carbons (Fsp3) is 0.365. The molecule has 1 atom stereocenters. The zero-order chi connectivity index (χ0) is 48.7. The van der Waals surface area contributed by atoms with Gasteiger partial charge in [-0.1, -0.05) is 165 Å². The molecule has 3 N–H and O–H groups in total. The predicted octanol–water partition coefficient (Wildman–Crippen LogP) is 10.3. The quantitative estimate of drug-likeness (QED) is 0.129. The second kappa shape index (κ2) is 18.9. The molecule has 7 rings (SSSR count). The summed E-state index contributed by atoms with van der Waals surface area (Å²) in [5.74, 6) is 0. The van der Waals surface area contributed by atoms with E-state index >= 15 is 0 Å². The first-order chi connectivity index (χ1) is 31.5. The van der Waals surface area contributed by atoms with Crippen molar-refractivity contribution in [2.75, 3.05) is 18.5 Å². The van der Waals surface area contributed by atoms with Crippen LogP contribution < -0.4 is 47.3 Å². The van der Waals surface area contributed by atoms with E-state index in [4.69, 9.17) is 0 Å². The Bertz CT molecular complexity index is 3190. The van der Waals surface area contributed by atoms with Crippen LogP contribution >= 0.6 is 0 Å². The molecule has 4 nitrogen and oxygen atoms in total. The number of anilines is 1. The molecule has 0 spiro atoms. The molecule has 0 bridgehead atoms. The molecule has 1 unspecified atom stereocenters. The van der Waals surface area contributed by atoms with E-state index < -0.39 is 0 Å². The summed E-state index contributed by atoms with van der Waals surface area (Å²) in [4.78, 5) is 2.56. The summed E-state index contributed by atoms with van der Waals surface area (Å²) in [6.45, 7) is 39.9. The number of nitrogens with one attached hydrogen (secondary N) is 3. The van der Waals surface area contributed by atoms with Crippen LogP contribution in [0.25, 0.3) is 41.0 Å². The minimum atomic E-state index is -0.0227. The first-order valence-corrected chi connectivity index (χ1v) is 24.6. The van der Waals surface area contributed by atoms with Gasteiger partial charge in [0, 0.05) is 56.3 Å². The molecule has 4 heteroatoms. The topological polar surface area (TPSA) is 39.3 Å². The van der Waals surface area contributed by atoms with Gasteiger partial charge >= 0.3 is 0 Å². The second-order valence-corrected chi connectivity index (χ2v) is 22.3. The number of aryl methyl sites for hydroxylation is 4. The first-order valence-electron chi connectivity index (χ1n) is 24.6. The third kappa shape index (κ3) is 10.3. The van der Waals surface area contributed by atoms with E-state index in [1.807, 2.05) is 0 Å². The molecule has 5 aromatic carbocycles. The highest BCUT2D eigenvalue weighted by atomic mass is 15.2. The van der Waals surface area contributed by atoms with Crippen LogP contribution in [0.15, 0.2) is 103 Å². The van der Waals surface area contributed by atoms with Crippen molar-refractivity contribution < 1.29 is 0 Å². The van der Waals surface area contributed by atoms with Gasteiger partial charge in [-0.15, -0.1) is 0 Å². The molecule has 0 saturated heterocycles. The molecular weight excluding hydrogens is 813 g/mol. The van der Waals surface area contributed by atoms with Crippen molar-refractivity contribution in [2.24, 2.45) is 5.41 Å². The summed E-state index contributed by atoms with van der Waals surface area (Å²) in [5.41, 5.74) is 18.3. The zero-order valence-electron chi connectivity index (χ0n) is 43.9. The smallest absolute Gasteiger partial charge is 0.0880 e. The van der Waals surface area contributed by atoms with Crippen LogP contribution in [-0.2, 0) is 10.8 Å². The number of benzene rings is 5. The van der Waals surface area contributed by atoms with Crippen LogP contribution in [0.5, 0.6) is 0 Å². The molecule has 0 radical (unpaired) electrons. The summed E-state index contributed by atoms with van der Waals surface area (Å²) >= 11 is 0. The Morgan fingerprint density at radius 1 is 0.716 bits per heavy atom. The molecule has 0 saturated carbocycles. The zero-order valence-corrected chi connectivity index (χ0v) is 43.9. The number of nitrogens with zero attached hydrogens (tertiary/aromatic N) is 1. The molecule has 0 aliphatic carbocycles. The van der Waals surface area contributed by atoms with Gasteiger partial charge in [-0.3, -0.25) is 0 Å².